The highest BCUT2D eigenvalue weighted by Crippen LogP contribution is 2.45. The van der Waals surface area contributed by atoms with Gasteiger partial charge in [0.25, 0.3) is 11.7 Å². The lowest BCUT2D eigenvalue weighted by Gasteiger charge is -2.25. The number of Topliss-reactive ketones (excluding diaryl/α,β-unsaturated/α-hetero) is 1. The Morgan fingerprint density at radius 1 is 1.13 bits per heavy atom. The van der Waals surface area contributed by atoms with E-state index in [0.717, 1.165) is 10.4 Å². The lowest BCUT2D eigenvalue weighted by Crippen LogP contribution is -2.29. The zero-order chi connectivity index (χ0) is 21.4. The van der Waals surface area contributed by atoms with E-state index in [2.05, 4.69) is 0 Å². The van der Waals surface area contributed by atoms with Gasteiger partial charge < -0.3 is 9.84 Å². The second-order valence-electron chi connectivity index (χ2n) is 6.85. The summed E-state index contributed by atoms with van der Waals surface area (Å²) in [4.78, 5) is 28.4. The molecule has 5 nitrogen and oxygen atoms in total. The number of aryl methyl sites for hydroxylation is 1. The molecule has 0 aliphatic carbocycles. The van der Waals surface area contributed by atoms with Crippen molar-refractivity contribution in [3.8, 4) is 5.75 Å². The van der Waals surface area contributed by atoms with Crippen molar-refractivity contribution in [1.82, 2.24) is 0 Å². The lowest BCUT2D eigenvalue weighted by molar-refractivity contribution is -0.132. The van der Waals surface area contributed by atoms with Crippen molar-refractivity contribution in [1.29, 1.82) is 0 Å². The van der Waals surface area contributed by atoms with Crippen LogP contribution in [0.3, 0.4) is 0 Å². The topological polar surface area (TPSA) is 66.8 Å². The zero-order valence-corrected chi connectivity index (χ0v) is 17.8. The molecule has 1 fully saturated rings. The van der Waals surface area contributed by atoms with Crippen LogP contribution in [0.15, 0.2) is 65.6 Å². The molecule has 2 heterocycles. The summed E-state index contributed by atoms with van der Waals surface area (Å²) >= 11 is 7.59. The third-order valence-corrected chi connectivity index (χ3v) is 6.19. The fraction of sp³-hybridized carbons (Fsp3) is 0.130. The molecule has 1 amide bonds. The van der Waals surface area contributed by atoms with E-state index in [1.165, 1.54) is 23.3 Å². The third-order valence-electron chi connectivity index (χ3n) is 5.03. The number of nitrogens with zero attached hydrogens (tertiary/aromatic N) is 1. The van der Waals surface area contributed by atoms with E-state index in [4.69, 9.17) is 16.3 Å². The average Bonchev–Trinajstić information content (AvgIpc) is 3.37. The van der Waals surface area contributed by atoms with Gasteiger partial charge in [-0.15, -0.1) is 11.3 Å². The summed E-state index contributed by atoms with van der Waals surface area (Å²) in [5.74, 6) is -1.16. The number of rotatable bonds is 4. The number of thiophene rings is 1. The molecule has 0 saturated carbocycles. The van der Waals surface area contributed by atoms with Crippen molar-refractivity contribution < 1.29 is 19.4 Å². The first kappa shape index (κ1) is 20.2. The molecule has 1 N–H and O–H groups in total. The summed E-state index contributed by atoms with van der Waals surface area (Å²) in [7, 11) is 1.52. The van der Waals surface area contributed by atoms with Crippen molar-refractivity contribution in [2.75, 3.05) is 12.0 Å². The number of amides is 1. The number of ketones is 1. The molecule has 1 aromatic heterocycles. The molecule has 152 valence electrons. The number of carbonyl (C=O) groups excluding carboxylic acids is 2. The molecule has 0 bridgehead atoms. The summed E-state index contributed by atoms with van der Waals surface area (Å²) in [5.41, 5.74) is 1.77. The van der Waals surface area contributed by atoms with E-state index in [9.17, 15) is 14.7 Å². The molecule has 1 atom stereocenters. The van der Waals surface area contributed by atoms with Crippen LogP contribution in [0.2, 0.25) is 5.02 Å². The van der Waals surface area contributed by atoms with Crippen LogP contribution < -0.4 is 9.64 Å². The van der Waals surface area contributed by atoms with Gasteiger partial charge in [0, 0.05) is 21.2 Å². The van der Waals surface area contributed by atoms with Crippen LogP contribution in [0.25, 0.3) is 5.76 Å². The minimum Gasteiger partial charge on any atom is -0.507 e. The number of hydrogen-bond acceptors (Lipinski definition) is 5. The normalized spacial score (nSPS) is 18.1. The number of aliphatic hydroxyl groups is 1. The van der Waals surface area contributed by atoms with Crippen molar-refractivity contribution >= 4 is 46.1 Å². The van der Waals surface area contributed by atoms with Crippen LogP contribution in [-0.4, -0.2) is 23.9 Å². The summed E-state index contributed by atoms with van der Waals surface area (Å²) in [6.45, 7) is 1.85. The van der Waals surface area contributed by atoms with Crippen LogP contribution in [-0.2, 0) is 9.59 Å². The van der Waals surface area contributed by atoms with E-state index in [1.807, 2.05) is 24.4 Å². The number of ether oxygens (including phenoxy) is 1. The highest BCUT2D eigenvalue weighted by Gasteiger charge is 2.47. The monoisotopic (exact) mass is 439 g/mol. The quantitative estimate of drug-likeness (QED) is 0.338. The molecule has 1 unspecified atom stereocenters. The summed E-state index contributed by atoms with van der Waals surface area (Å²) in [6, 6.07) is 14.9. The van der Waals surface area contributed by atoms with Crippen molar-refractivity contribution in [2.24, 2.45) is 0 Å². The Bertz CT molecular complexity index is 1170. The summed E-state index contributed by atoms with van der Waals surface area (Å²) < 4.78 is 5.23. The maximum absolute atomic E-state index is 13.1. The predicted molar refractivity (Wildman–Crippen MR) is 118 cm³/mol. The number of aliphatic hydroxyl groups excluding tert-OH is 1. The van der Waals surface area contributed by atoms with Gasteiger partial charge in [-0.25, -0.2) is 0 Å². The Kier molecular flexibility index (Phi) is 5.37. The van der Waals surface area contributed by atoms with Gasteiger partial charge in [0.1, 0.15) is 17.6 Å². The van der Waals surface area contributed by atoms with E-state index in [0.29, 0.717) is 22.0 Å². The number of hydrogen-bond donors (Lipinski definition) is 1. The molecule has 30 heavy (non-hydrogen) atoms. The first-order valence-electron chi connectivity index (χ1n) is 9.17. The van der Waals surface area contributed by atoms with E-state index < -0.39 is 17.7 Å². The molecule has 0 spiro atoms. The second kappa shape index (κ2) is 7.97. The van der Waals surface area contributed by atoms with Crippen LogP contribution in [0.1, 0.15) is 22.0 Å². The fourth-order valence-corrected chi connectivity index (χ4v) is 4.55. The average molecular weight is 440 g/mol. The molecule has 7 heteroatoms. The molecular formula is C23H18ClNO4S. The van der Waals surface area contributed by atoms with Crippen LogP contribution in [0, 0.1) is 6.92 Å². The van der Waals surface area contributed by atoms with Gasteiger partial charge in [-0.3, -0.25) is 14.5 Å². The third kappa shape index (κ3) is 3.38. The van der Waals surface area contributed by atoms with Gasteiger partial charge in [0.2, 0.25) is 0 Å². The van der Waals surface area contributed by atoms with Gasteiger partial charge in [0.05, 0.1) is 12.7 Å². The largest absolute Gasteiger partial charge is 0.507 e. The lowest BCUT2D eigenvalue weighted by atomic mass is 9.99. The van der Waals surface area contributed by atoms with E-state index >= 15 is 0 Å². The minimum absolute atomic E-state index is 0.0371. The van der Waals surface area contributed by atoms with Gasteiger partial charge in [-0.1, -0.05) is 35.9 Å². The second-order valence-corrected chi connectivity index (χ2v) is 8.26. The summed E-state index contributed by atoms with van der Waals surface area (Å²) in [5, 5.41) is 13.4. The molecule has 1 aliphatic heterocycles. The van der Waals surface area contributed by atoms with Crippen molar-refractivity contribution in [3.63, 3.8) is 0 Å². The highest BCUT2D eigenvalue weighted by atomic mass is 35.5. The highest BCUT2D eigenvalue weighted by molar-refractivity contribution is 7.10. The van der Waals surface area contributed by atoms with E-state index in [1.54, 1.807) is 42.5 Å². The molecule has 0 radical (unpaired) electrons. The molecule has 2 aromatic carbocycles. The number of anilines is 1. The predicted octanol–water partition coefficient (Wildman–Crippen LogP) is 5.34. The van der Waals surface area contributed by atoms with Crippen LogP contribution in [0.4, 0.5) is 5.69 Å². The first-order chi connectivity index (χ1) is 14.4. The first-order valence-corrected chi connectivity index (χ1v) is 10.4. The van der Waals surface area contributed by atoms with Crippen molar-refractivity contribution in [2.45, 2.75) is 13.0 Å². The Hall–Kier alpha value is -3.09. The Labute approximate surface area is 182 Å². The Balaban J connectivity index is 1.95. The van der Waals surface area contributed by atoms with Gasteiger partial charge in [-0.2, -0.15) is 0 Å². The molecule has 3 aromatic rings. The number of benzene rings is 2. The van der Waals surface area contributed by atoms with Crippen LogP contribution in [0.5, 0.6) is 5.75 Å². The molecular weight excluding hydrogens is 422 g/mol. The van der Waals surface area contributed by atoms with Gasteiger partial charge in [0.15, 0.2) is 0 Å². The van der Waals surface area contributed by atoms with E-state index in [-0.39, 0.29) is 11.3 Å². The van der Waals surface area contributed by atoms with Crippen LogP contribution >= 0.6 is 22.9 Å². The molecule has 1 saturated heterocycles. The molecule has 4 rings (SSSR count). The SMILES string of the molecule is COc1cccc(/C(O)=C2/C(=O)C(=O)N(c3cc(Cl)ccc3C)C2c2cccs2)c1. The standard InChI is InChI=1S/C23H18ClNO4S/c1-13-8-9-15(24)12-17(13)25-20(18-7-4-10-30-18)19(22(27)23(25)28)21(26)14-5-3-6-16(11-14)29-2/h3-12,20,26H,1-2H3/b21-19-. The maximum Gasteiger partial charge on any atom is 0.300 e. The Morgan fingerprint density at radius 2 is 1.93 bits per heavy atom. The fourth-order valence-electron chi connectivity index (χ4n) is 3.56. The summed E-state index contributed by atoms with van der Waals surface area (Å²) in [6.07, 6.45) is 0. The molecule has 1 aliphatic rings. The van der Waals surface area contributed by atoms with Crippen molar-refractivity contribution in [3.05, 3.63) is 86.6 Å². The maximum atomic E-state index is 13.1. The van der Waals surface area contributed by atoms with Gasteiger partial charge >= 0.3 is 0 Å². The smallest absolute Gasteiger partial charge is 0.300 e. The zero-order valence-electron chi connectivity index (χ0n) is 16.3. The number of methoxy groups -OCH3 is 1. The Morgan fingerprint density at radius 3 is 2.63 bits per heavy atom. The van der Waals surface area contributed by atoms with Gasteiger partial charge in [-0.05, 0) is 48.2 Å². The minimum atomic E-state index is -0.756. The number of halogens is 1. The number of carbonyl (C=O) groups is 2.